The maximum atomic E-state index is 16.1. The molecule has 0 aliphatic carbocycles. The summed E-state index contributed by atoms with van der Waals surface area (Å²) in [6.45, 7) is 2.55. The van der Waals surface area contributed by atoms with Crippen molar-refractivity contribution in [2.45, 2.75) is 37.0 Å². The van der Waals surface area contributed by atoms with Crippen LogP contribution in [0.4, 0.5) is 37.7 Å². The topological polar surface area (TPSA) is 116 Å². The van der Waals surface area contributed by atoms with E-state index < -0.39 is 58.7 Å². The Morgan fingerprint density at radius 3 is 1.94 bits per heavy atom. The number of piperazine rings is 1. The molecule has 2 unspecified atom stereocenters. The van der Waals surface area contributed by atoms with Gasteiger partial charge in [-0.1, -0.05) is 18.2 Å². The van der Waals surface area contributed by atoms with E-state index in [9.17, 15) is 27.8 Å². The molecule has 3 aromatic heterocycles. The van der Waals surface area contributed by atoms with Crippen molar-refractivity contribution in [1.29, 1.82) is 0 Å². The lowest BCUT2D eigenvalue weighted by molar-refractivity contribution is -0.207. The van der Waals surface area contributed by atoms with Gasteiger partial charge in [-0.3, -0.25) is 9.97 Å². The highest BCUT2D eigenvalue weighted by Gasteiger charge is 2.58. The summed E-state index contributed by atoms with van der Waals surface area (Å²) in [7, 11) is 0. The number of halogens is 6. The van der Waals surface area contributed by atoms with Crippen LogP contribution in [0.3, 0.4) is 0 Å². The molecule has 4 heterocycles. The van der Waals surface area contributed by atoms with Gasteiger partial charge in [-0.05, 0) is 65.4 Å². The van der Waals surface area contributed by atoms with Crippen LogP contribution < -0.4 is 9.80 Å². The summed E-state index contributed by atoms with van der Waals surface area (Å²) in [6.07, 6.45) is 1.71. The van der Waals surface area contributed by atoms with Gasteiger partial charge < -0.3 is 20.0 Å². The predicted octanol–water partition coefficient (Wildman–Crippen LogP) is 4.89. The van der Waals surface area contributed by atoms with Crippen LogP contribution in [0.15, 0.2) is 85.5 Å². The molecule has 256 valence electrons. The second kappa shape index (κ2) is 13.1. The van der Waals surface area contributed by atoms with Gasteiger partial charge in [-0.15, -0.1) is 5.10 Å². The van der Waals surface area contributed by atoms with Gasteiger partial charge in [0.15, 0.2) is 5.60 Å². The molecule has 5 aromatic rings. The number of aromatic nitrogens is 6. The van der Waals surface area contributed by atoms with Crippen molar-refractivity contribution in [3.8, 4) is 11.1 Å². The van der Waals surface area contributed by atoms with E-state index in [1.807, 2.05) is 29.2 Å². The summed E-state index contributed by atoms with van der Waals surface area (Å²) in [5.74, 6) is -10.00. The van der Waals surface area contributed by atoms with Gasteiger partial charge >= 0.3 is 11.8 Å². The van der Waals surface area contributed by atoms with E-state index in [-0.39, 0.29) is 0 Å². The van der Waals surface area contributed by atoms with Crippen LogP contribution in [0.25, 0.3) is 11.1 Å². The second-order valence-electron chi connectivity index (χ2n) is 11.7. The quantitative estimate of drug-likeness (QED) is 0.199. The Hall–Kier alpha value is -5.09. The molecule has 1 aliphatic heterocycles. The number of nitrogens with zero attached hydrogens (tertiary/aromatic N) is 8. The Kier molecular flexibility index (Phi) is 9.02. The molecule has 6 rings (SSSR count). The lowest BCUT2D eigenvalue weighted by Crippen LogP contribution is -2.48. The van der Waals surface area contributed by atoms with Crippen molar-refractivity contribution in [3.63, 3.8) is 0 Å². The van der Waals surface area contributed by atoms with Crippen molar-refractivity contribution < 1.29 is 36.6 Å². The third-order valence-corrected chi connectivity index (χ3v) is 8.59. The highest BCUT2D eigenvalue weighted by molar-refractivity contribution is 5.66. The number of aliphatic hydroxyl groups excluding tert-OH is 1. The molecule has 2 aromatic carbocycles. The van der Waals surface area contributed by atoms with E-state index in [1.165, 1.54) is 24.5 Å². The number of tetrazole rings is 1. The number of alkyl halides is 4. The van der Waals surface area contributed by atoms with Crippen LogP contribution in [0.5, 0.6) is 0 Å². The summed E-state index contributed by atoms with van der Waals surface area (Å²) < 4.78 is 89.5. The fourth-order valence-electron chi connectivity index (χ4n) is 5.70. The number of benzene rings is 2. The molecule has 2 atom stereocenters. The van der Waals surface area contributed by atoms with Crippen molar-refractivity contribution >= 4 is 11.4 Å². The Morgan fingerprint density at radius 1 is 0.776 bits per heavy atom. The minimum Gasteiger partial charge on any atom is -0.387 e. The lowest BCUT2D eigenvalue weighted by atomic mass is 9.84. The van der Waals surface area contributed by atoms with E-state index in [2.05, 4.69) is 30.4 Å². The number of hydrogen-bond acceptors (Lipinski definition) is 9. The summed E-state index contributed by atoms with van der Waals surface area (Å²) in [5.41, 5.74) is -2.66. The molecule has 0 saturated carbocycles. The van der Waals surface area contributed by atoms with E-state index in [0.29, 0.717) is 49.1 Å². The van der Waals surface area contributed by atoms with E-state index >= 15 is 8.78 Å². The van der Waals surface area contributed by atoms with Crippen molar-refractivity contribution in [2.24, 2.45) is 0 Å². The molecule has 1 fully saturated rings. The van der Waals surface area contributed by atoms with E-state index in [0.717, 1.165) is 41.8 Å². The molecule has 16 heteroatoms. The van der Waals surface area contributed by atoms with Gasteiger partial charge in [0.1, 0.15) is 35.5 Å². The molecule has 0 amide bonds. The fourth-order valence-corrected chi connectivity index (χ4v) is 5.70. The molecule has 0 spiro atoms. The Balaban J connectivity index is 1.14. The summed E-state index contributed by atoms with van der Waals surface area (Å²) in [4.78, 5) is 12.0. The number of rotatable bonds is 10. The van der Waals surface area contributed by atoms with Crippen molar-refractivity contribution in [2.75, 3.05) is 36.0 Å². The predicted molar refractivity (Wildman–Crippen MR) is 166 cm³/mol. The Labute approximate surface area is 276 Å². The Morgan fingerprint density at radius 2 is 1.39 bits per heavy atom. The minimum absolute atomic E-state index is 0.401. The summed E-state index contributed by atoms with van der Waals surface area (Å²) in [5, 5.41) is 31.0. The zero-order chi connectivity index (χ0) is 35.0. The SMILES string of the molecule is CC(O)C(F)(F)c1ccc(N2CCN(c3ccc(-c4ccc(C(F)(F)C(O)(Cn5cnnn5)c5ccc(F)cc5F)nc4)cc3)CC2)cn1. The van der Waals surface area contributed by atoms with Crippen LogP contribution in [-0.4, -0.2) is 72.7 Å². The zero-order valence-electron chi connectivity index (χ0n) is 25.9. The molecule has 2 N–H and O–H groups in total. The highest BCUT2D eigenvalue weighted by atomic mass is 19.3. The first kappa shape index (κ1) is 33.8. The van der Waals surface area contributed by atoms with Gasteiger partial charge in [0.25, 0.3) is 0 Å². The summed E-state index contributed by atoms with van der Waals surface area (Å²) in [6, 6.07) is 14.5. The number of anilines is 2. The maximum Gasteiger partial charge on any atom is 0.323 e. The lowest BCUT2D eigenvalue weighted by Gasteiger charge is -2.37. The third kappa shape index (κ3) is 6.53. The van der Waals surface area contributed by atoms with Gasteiger partial charge in [-0.25, -0.2) is 13.5 Å². The molecule has 49 heavy (non-hydrogen) atoms. The highest BCUT2D eigenvalue weighted by Crippen LogP contribution is 2.47. The van der Waals surface area contributed by atoms with Crippen LogP contribution in [0.2, 0.25) is 0 Å². The van der Waals surface area contributed by atoms with Crippen LogP contribution in [0.1, 0.15) is 23.9 Å². The molecule has 1 saturated heterocycles. The van der Waals surface area contributed by atoms with Crippen LogP contribution in [0, 0.1) is 11.6 Å². The molecule has 10 nitrogen and oxygen atoms in total. The van der Waals surface area contributed by atoms with Gasteiger partial charge in [0.2, 0.25) is 0 Å². The van der Waals surface area contributed by atoms with Crippen molar-refractivity contribution in [1.82, 2.24) is 30.2 Å². The monoisotopic (exact) mass is 684 g/mol. The molecular formula is C33H30F6N8O2. The van der Waals surface area contributed by atoms with Gasteiger partial charge in [0, 0.05) is 55.3 Å². The maximum absolute atomic E-state index is 16.1. The molecular weight excluding hydrogens is 654 g/mol. The summed E-state index contributed by atoms with van der Waals surface area (Å²) >= 11 is 0. The van der Waals surface area contributed by atoms with Crippen LogP contribution >= 0.6 is 0 Å². The van der Waals surface area contributed by atoms with Crippen molar-refractivity contribution in [3.05, 3.63) is 114 Å². The second-order valence-corrected chi connectivity index (χ2v) is 11.7. The minimum atomic E-state index is -4.18. The van der Waals surface area contributed by atoms with Crippen LogP contribution in [-0.2, 0) is 24.0 Å². The first-order valence-corrected chi connectivity index (χ1v) is 15.2. The normalized spacial score (nSPS) is 16.0. The third-order valence-electron chi connectivity index (χ3n) is 8.59. The first-order chi connectivity index (χ1) is 23.3. The average molecular weight is 685 g/mol. The number of aliphatic hydroxyl groups is 2. The standard InChI is InChI=1S/C33H30F6N8O2/c1-21(48)32(36,37)29-11-8-26(18-41-29)46-14-12-45(13-15-46)25-6-2-22(3-7-25)23-4-10-30(40-17-23)33(38,39)31(49,19-47-20-42-43-44-47)27-9-5-24(34)16-28(27)35/h2-11,16-18,20-21,48-49H,12-15,19H2,1H3. The van der Waals surface area contributed by atoms with Gasteiger partial charge in [0.05, 0.1) is 18.4 Å². The zero-order valence-corrected chi connectivity index (χ0v) is 25.9. The van der Waals surface area contributed by atoms with E-state index in [4.69, 9.17) is 0 Å². The molecule has 0 radical (unpaired) electrons. The smallest absolute Gasteiger partial charge is 0.323 e. The van der Waals surface area contributed by atoms with E-state index in [1.54, 1.807) is 6.07 Å². The molecule has 0 bridgehead atoms. The number of hydrogen-bond donors (Lipinski definition) is 2. The van der Waals surface area contributed by atoms with Gasteiger partial charge in [-0.2, -0.15) is 17.6 Å². The number of pyridine rings is 2. The fraction of sp³-hybridized carbons (Fsp3) is 0.303. The Bertz CT molecular complexity index is 1870. The average Bonchev–Trinajstić information content (AvgIpc) is 3.61. The largest absolute Gasteiger partial charge is 0.387 e. The molecule has 1 aliphatic rings. The first-order valence-electron chi connectivity index (χ1n) is 15.2.